The Bertz CT molecular complexity index is 876. The first kappa shape index (κ1) is 17.0. The number of thiophene rings is 1. The highest BCUT2D eigenvalue weighted by molar-refractivity contribution is 7.07. The Hall–Kier alpha value is -2.44. The average molecular weight is 367 g/mol. The van der Waals surface area contributed by atoms with Crippen LogP contribution in [0, 0.1) is 0 Å². The van der Waals surface area contributed by atoms with Crippen LogP contribution in [0.15, 0.2) is 53.4 Å². The summed E-state index contributed by atoms with van der Waals surface area (Å²) in [6.45, 7) is 1.98. The summed E-state index contributed by atoms with van der Waals surface area (Å²) in [6, 6.07) is 11.6. The lowest BCUT2D eigenvalue weighted by molar-refractivity contribution is 0.0819. The minimum absolute atomic E-state index is 0.102. The van der Waals surface area contributed by atoms with Gasteiger partial charge in [0.15, 0.2) is 0 Å². The molecule has 1 aliphatic rings. The lowest BCUT2D eigenvalue weighted by atomic mass is 10.2. The highest BCUT2D eigenvalue weighted by Crippen LogP contribution is 2.20. The number of rotatable bonds is 5. The van der Waals surface area contributed by atoms with Crippen LogP contribution in [0.2, 0.25) is 0 Å². The molecule has 134 valence electrons. The van der Waals surface area contributed by atoms with Gasteiger partial charge in [-0.25, -0.2) is 4.79 Å². The molecule has 1 aromatic carbocycles. The summed E-state index contributed by atoms with van der Waals surface area (Å²) in [6.07, 6.45) is 3.97. The van der Waals surface area contributed by atoms with Crippen molar-refractivity contribution in [3.05, 3.63) is 58.9 Å². The van der Waals surface area contributed by atoms with Crippen LogP contribution in [0.4, 0.5) is 10.5 Å². The molecule has 6 heteroatoms. The van der Waals surface area contributed by atoms with Crippen LogP contribution in [-0.4, -0.2) is 35.2 Å². The van der Waals surface area contributed by atoms with E-state index in [0.717, 1.165) is 41.6 Å². The number of anilines is 1. The van der Waals surface area contributed by atoms with Crippen LogP contribution in [0.5, 0.6) is 0 Å². The Morgan fingerprint density at radius 1 is 1.35 bits per heavy atom. The van der Waals surface area contributed by atoms with Gasteiger partial charge in [-0.05, 0) is 59.5 Å². The summed E-state index contributed by atoms with van der Waals surface area (Å²) < 4.78 is 5.73. The van der Waals surface area contributed by atoms with Crippen LogP contribution < -0.4 is 5.32 Å². The van der Waals surface area contributed by atoms with Gasteiger partial charge in [0, 0.05) is 37.0 Å². The SMILES string of the molecule is O=C(Nc1ccc2ncccc2c1)N(Cc1ccsc1)C[C@@H]1CCCO1. The number of ether oxygens (including phenoxy) is 1. The standard InChI is InChI=1S/C20H21N3O2S/c24-20(22-17-5-6-19-16(11-17)3-1-8-21-19)23(12-15-7-10-26-14-15)13-18-4-2-9-25-18/h1,3,5-8,10-11,14,18H,2,4,9,12-13H2,(H,22,24)/t18-/m0/s1. The number of nitrogens with one attached hydrogen (secondary N) is 1. The van der Waals surface area contributed by atoms with Crippen LogP contribution in [0.3, 0.4) is 0 Å². The number of pyridine rings is 1. The van der Waals surface area contributed by atoms with Gasteiger partial charge in [0.05, 0.1) is 11.6 Å². The number of aromatic nitrogens is 1. The van der Waals surface area contributed by atoms with Gasteiger partial charge in [-0.2, -0.15) is 11.3 Å². The molecule has 0 spiro atoms. The maximum Gasteiger partial charge on any atom is 0.322 e. The fourth-order valence-electron chi connectivity index (χ4n) is 3.21. The Labute approximate surface area is 156 Å². The molecule has 0 bridgehead atoms. The number of amides is 2. The molecule has 1 saturated heterocycles. The number of carbonyl (C=O) groups is 1. The maximum absolute atomic E-state index is 12.9. The third-order valence-corrected chi connectivity index (χ3v) is 5.28. The van der Waals surface area contributed by atoms with Crippen LogP contribution in [-0.2, 0) is 11.3 Å². The van der Waals surface area contributed by atoms with E-state index in [0.29, 0.717) is 13.1 Å². The van der Waals surface area contributed by atoms with Crippen molar-refractivity contribution in [1.29, 1.82) is 0 Å². The van der Waals surface area contributed by atoms with E-state index in [1.807, 2.05) is 40.6 Å². The Morgan fingerprint density at radius 2 is 2.31 bits per heavy atom. The van der Waals surface area contributed by atoms with Crippen molar-refractivity contribution in [2.24, 2.45) is 0 Å². The highest BCUT2D eigenvalue weighted by Gasteiger charge is 2.23. The van der Waals surface area contributed by atoms with Crippen molar-refractivity contribution in [2.75, 3.05) is 18.5 Å². The zero-order valence-electron chi connectivity index (χ0n) is 14.4. The molecule has 2 aromatic heterocycles. The van der Waals surface area contributed by atoms with E-state index in [1.165, 1.54) is 0 Å². The minimum atomic E-state index is -0.102. The largest absolute Gasteiger partial charge is 0.376 e. The molecule has 2 amide bonds. The van der Waals surface area contributed by atoms with Crippen LogP contribution in [0.1, 0.15) is 18.4 Å². The second kappa shape index (κ2) is 7.85. The number of benzene rings is 1. The summed E-state index contributed by atoms with van der Waals surface area (Å²) >= 11 is 1.64. The Balaban J connectivity index is 1.50. The van der Waals surface area contributed by atoms with E-state index < -0.39 is 0 Å². The van der Waals surface area contributed by atoms with Crippen LogP contribution >= 0.6 is 11.3 Å². The molecule has 3 heterocycles. The zero-order chi connectivity index (χ0) is 17.8. The van der Waals surface area contributed by atoms with Gasteiger partial charge in [0.25, 0.3) is 0 Å². The maximum atomic E-state index is 12.9. The predicted molar refractivity (Wildman–Crippen MR) is 104 cm³/mol. The fraction of sp³-hybridized carbons (Fsp3) is 0.300. The number of urea groups is 1. The molecule has 3 aromatic rings. The second-order valence-corrected chi connectivity index (χ2v) is 7.27. The molecular formula is C20H21N3O2S. The molecule has 0 aliphatic carbocycles. The van der Waals surface area contributed by atoms with Crippen molar-refractivity contribution < 1.29 is 9.53 Å². The van der Waals surface area contributed by atoms with E-state index in [-0.39, 0.29) is 12.1 Å². The third kappa shape index (κ3) is 4.03. The first-order valence-corrected chi connectivity index (χ1v) is 9.75. The van der Waals surface area contributed by atoms with E-state index in [2.05, 4.69) is 21.7 Å². The lowest BCUT2D eigenvalue weighted by Crippen LogP contribution is -2.39. The van der Waals surface area contributed by atoms with E-state index in [9.17, 15) is 4.79 Å². The predicted octanol–water partition coefficient (Wildman–Crippen LogP) is 4.51. The molecule has 0 unspecified atom stereocenters. The monoisotopic (exact) mass is 367 g/mol. The van der Waals surface area contributed by atoms with E-state index >= 15 is 0 Å². The van der Waals surface area contributed by atoms with Gasteiger partial charge < -0.3 is 15.0 Å². The molecule has 1 aliphatic heterocycles. The summed E-state index contributed by atoms with van der Waals surface area (Å²) in [4.78, 5) is 19.1. The summed E-state index contributed by atoms with van der Waals surface area (Å²) in [5.41, 5.74) is 2.84. The van der Waals surface area contributed by atoms with Gasteiger partial charge in [0.1, 0.15) is 0 Å². The number of carbonyl (C=O) groups excluding carboxylic acids is 1. The molecule has 1 N–H and O–H groups in total. The normalized spacial score (nSPS) is 16.7. The van der Waals surface area contributed by atoms with Gasteiger partial charge in [-0.1, -0.05) is 6.07 Å². The fourth-order valence-corrected chi connectivity index (χ4v) is 3.87. The molecule has 26 heavy (non-hydrogen) atoms. The van der Waals surface area contributed by atoms with E-state index in [4.69, 9.17) is 4.74 Å². The molecular weight excluding hydrogens is 346 g/mol. The summed E-state index contributed by atoms with van der Waals surface area (Å²) in [5.74, 6) is 0. The molecule has 1 fully saturated rings. The van der Waals surface area contributed by atoms with Crippen LogP contribution in [0.25, 0.3) is 10.9 Å². The molecule has 0 saturated carbocycles. The number of fused-ring (bicyclic) bond motifs is 1. The number of hydrogen-bond acceptors (Lipinski definition) is 4. The van der Waals surface area contributed by atoms with Crippen molar-refractivity contribution in [1.82, 2.24) is 9.88 Å². The van der Waals surface area contributed by atoms with Gasteiger partial charge in [-0.15, -0.1) is 0 Å². The second-order valence-electron chi connectivity index (χ2n) is 6.49. The summed E-state index contributed by atoms with van der Waals surface area (Å²) in [7, 11) is 0. The zero-order valence-corrected chi connectivity index (χ0v) is 15.2. The van der Waals surface area contributed by atoms with Crippen molar-refractivity contribution in [3.8, 4) is 0 Å². The first-order chi connectivity index (χ1) is 12.8. The van der Waals surface area contributed by atoms with Crippen molar-refractivity contribution in [2.45, 2.75) is 25.5 Å². The van der Waals surface area contributed by atoms with E-state index in [1.54, 1.807) is 17.5 Å². The number of hydrogen-bond donors (Lipinski definition) is 1. The van der Waals surface area contributed by atoms with Crippen molar-refractivity contribution >= 4 is 34.0 Å². The molecule has 4 rings (SSSR count). The Morgan fingerprint density at radius 3 is 3.12 bits per heavy atom. The van der Waals surface area contributed by atoms with Gasteiger partial charge in [0.2, 0.25) is 0 Å². The number of nitrogens with zero attached hydrogens (tertiary/aromatic N) is 2. The minimum Gasteiger partial charge on any atom is -0.376 e. The topological polar surface area (TPSA) is 54.5 Å². The first-order valence-electron chi connectivity index (χ1n) is 8.81. The summed E-state index contributed by atoms with van der Waals surface area (Å²) in [5, 5.41) is 8.15. The highest BCUT2D eigenvalue weighted by atomic mass is 32.1. The molecule has 0 radical (unpaired) electrons. The quantitative estimate of drug-likeness (QED) is 0.722. The average Bonchev–Trinajstić information content (AvgIpc) is 3.35. The molecule has 5 nitrogen and oxygen atoms in total. The Kier molecular flexibility index (Phi) is 5.13. The third-order valence-electron chi connectivity index (χ3n) is 4.54. The van der Waals surface area contributed by atoms with Gasteiger partial charge in [-0.3, -0.25) is 4.98 Å². The van der Waals surface area contributed by atoms with Gasteiger partial charge >= 0.3 is 6.03 Å². The smallest absolute Gasteiger partial charge is 0.322 e. The van der Waals surface area contributed by atoms with Crippen molar-refractivity contribution in [3.63, 3.8) is 0 Å². The molecule has 1 atom stereocenters. The lowest BCUT2D eigenvalue weighted by Gasteiger charge is -2.25.